The van der Waals surface area contributed by atoms with E-state index in [4.69, 9.17) is 0 Å². The molecular formula is C7H11O3Y-. The summed E-state index contributed by atoms with van der Waals surface area (Å²) in [5.74, 6) is -0.355. The van der Waals surface area contributed by atoms with Crippen LogP contribution in [0.5, 0.6) is 0 Å². The van der Waals surface area contributed by atoms with Crippen LogP contribution in [0.15, 0.2) is 0 Å². The van der Waals surface area contributed by atoms with E-state index in [1.54, 1.807) is 0 Å². The molecule has 0 aliphatic carbocycles. The van der Waals surface area contributed by atoms with Crippen LogP contribution >= 0.6 is 0 Å². The number of esters is 1. The predicted molar refractivity (Wildman–Crippen MR) is 36.2 cm³/mol. The van der Waals surface area contributed by atoms with Crippen molar-refractivity contribution in [3.8, 4) is 0 Å². The van der Waals surface area contributed by atoms with Crippen LogP contribution < -0.4 is 0 Å². The molecule has 61 valence electrons. The Morgan fingerprint density at radius 2 is 1.91 bits per heavy atom. The van der Waals surface area contributed by atoms with Gasteiger partial charge >= 0.3 is 5.97 Å². The Kier molecular flexibility index (Phi) is 10.5. The molecule has 0 saturated carbocycles. The van der Waals surface area contributed by atoms with Crippen LogP contribution in [0.2, 0.25) is 0 Å². The number of carbonyl (C=O) groups excluding carboxylic acids is 2. The Hall–Kier alpha value is 0.244. The summed E-state index contributed by atoms with van der Waals surface area (Å²) in [5.41, 5.74) is 0. The van der Waals surface area contributed by atoms with Crippen LogP contribution in [-0.2, 0) is 47.0 Å². The van der Waals surface area contributed by atoms with Crippen molar-refractivity contribution >= 4 is 11.8 Å². The second-order valence-corrected chi connectivity index (χ2v) is 1.92. The summed E-state index contributed by atoms with van der Waals surface area (Å²) in [6.07, 6.45) is 0.434. The minimum absolute atomic E-state index is 0. The normalized spacial score (nSPS) is 8.18. The quantitative estimate of drug-likeness (QED) is 0.530. The van der Waals surface area contributed by atoms with Gasteiger partial charge in [0.2, 0.25) is 0 Å². The largest absolute Gasteiger partial charge is 0.499 e. The molecule has 0 aromatic carbocycles. The molecule has 0 bridgehead atoms. The molecular weight excluding hydrogens is 221 g/mol. The van der Waals surface area contributed by atoms with E-state index in [0.29, 0.717) is 0 Å². The van der Waals surface area contributed by atoms with Gasteiger partial charge in [-0.15, -0.1) is 0 Å². The Morgan fingerprint density at radius 1 is 1.36 bits per heavy atom. The van der Waals surface area contributed by atoms with Gasteiger partial charge in [0.25, 0.3) is 0 Å². The minimum Gasteiger partial charge on any atom is -0.499 e. The maximum atomic E-state index is 10.5. The van der Waals surface area contributed by atoms with Gasteiger partial charge in [0.1, 0.15) is 5.78 Å². The van der Waals surface area contributed by atoms with Crippen LogP contribution in [0.25, 0.3) is 0 Å². The van der Waals surface area contributed by atoms with Crippen LogP contribution in [0.4, 0.5) is 0 Å². The van der Waals surface area contributed by atoms with E-state index in [-0.39, 0.29) is 63.9 Å². The van der Waals surface area contributed by atoms with Crippen molar-refractivity contribution in [3.63, 3.8) is 0 Å². The summed E-state index contributed by atoms with van der Waals surface area (Å²) in [7, 11) is 0. The van der Waals surface area contributed by atoms with Crippen molar-refractivity contribution in [2.24, 2.45) is 0 Å². The Balaban J connectivity index is 0. The third kappa shape index (κ3) is 10.2. The summed E-state index contributed by atoms with van der Waals surface area (Å²) >= 11 is 0. The maximum Gasteiger partial charge on any atom is 0.303 e. The fraction of sp³-hybridized carbons (Fsp3) is 0.571. The molecule has 0 aromatic rings. The van der Waals surface area contributed by atoms with Crippen LogP contribution in [0, 0.1) is 6.92 Å². The molecule has 0 aliphatic heterocycles. The molecule has 0 N–H and O–H groups in total. The zero-order chi connectivity index (χ0) is 7.98. The van der Waals surface area contributed by atoms with Crippen molar-refractivity contribution in [2.75, 3.05) is 6.61 Å². The zero-order valence-corrected chi connectivity index (χ0v) is 9.47. The van der Waals surface area contributed by atoms with Gasteiger partial charge < -0.3 is 16.5 Å². The first-order valence-electron chi connectivity index (χ1n) is 3.11. The topological polar surface area (TPSA) is 43.4 Å². The summed E-state index contributed by atoms with van der Waals surface area (Å²) < 4.78 is 4.49. The summed E-state index contributed by atoms with van der Waals surface area (Å²) in [4.78, 5) is 20.9. The van der Waals surface area contributed by atoms with Gasteiger partial charge in [-0.3, -0.25) is 4.79 Å². The molecule has 1 radical (unpaired) electrons. The number of carbonyl (C=O) groups is 2. The van der Waals surface area contributed by atoms with E-state index in [2.05, 4.69) is 11.7 Å². The molecule has 0 heterocycles. The van der Waals surface area contributed by atoms with E-state index in [1.807, 2.05) is 0 Å². The number of hydrogen-bond acceptors (Lipinski definition) is 3. The number of ether oxygens (including phenoxy) is 1. The van der Waals surface area contributed by atoms with Crippen molar-refractivity contribution in [2.45, 2.75) is 19.8 Å². The average Bonchev–Trinajstić information content (AvgIpc) is 1.85. The number of Topliss-reactive ketones (excluding diaryl/α,β-unsaturated/α-hetero) is 1. The zero-order valence-electron chi connectivity index (χ0n) is 6.63. The Bertz CT molecular complexity index is 134. The van der Waals surface area contributed by atoms with Gasteiger partial charge in [-0.1, -0.05) is 0 Å². The van der Waals surface area contributed by atoms with Gasteiger partial charge in [-0.25, -0.2) is 0 Å². The van der Waals surface area contributed by atoms with Crippen LogP contribution in [-0.4, -0.2) is 18.4 Å². The Labute approximate surface area is 91.7 Å². The molecule has 4 heteroatoms. The molecule has 0 aliphatic rings. The molecule has 0 unspecified atom stereocenters. The monoisotopic (exact) mass is 232 g/mol. The second-order valence-electron chi connectivity index (χ2n) is 1.92. The van der Waals surface area contributed by atoms with E-state index in [0.717, 1.165) is 0 Å². The molecule has 0 amide bonds. The fourth-order valence-corrected chi connectivity index (χ4v) is 0.464. The van der Waals surface area contributed by atoms with Gasteiger partial charge in [0.05, 0.1) is 6.42 Å². The first kappa shape index (κ1) is 13.8. The molecule has 11 heavy (non-hydrogen) atoms. The van der Waals surface area contributed by atoms with Crippen LogP contribution in [0.1, 0.15) is 19.8 Å². The average molecular weight is 232 g/mol. The summed E-state index contributed by atoms with van der Waals surface area (Å²) in [5, 5.41) is 0. The van der Waals surface area contributed by atoms with Gasteiger partial charge in [0.15, 0.2) is 0 Å². The smallest absolute Gasteiger partial charge is 0.303 e. The molecule has 0 spiro atoms. The van der Waals surface area contributed by atoms with E-state index in [9.17, 15) is 9.59 Å². The molecule has 0 fully saturated rings. The van der Waals surface area contributed by atoms with Crippen molar-refractivity contribution in [1.29, 1.82) is 0 Å². The Morgan fingerprint density at radius 3 is 2.27 bits per heavy atom. The first-order valence-corrected chi connectivity index (χ1v) is 3.11. The number of rotatable bonds is 4. The van der Waals surface area contributed by atoms with Gasteiger partial charge in [-0.05, 0) is 13.5 Å². The number of ketones is 1. The third-order valence-corrected chi connectivity index (χ3v) is 0.944. The molecule has 0 saturated heterocycles. The fourth-order valence-electron chi connectivity index (χ4n) is 0.464. The molecule has 0 aromatic heterocycles. The summed E-state index contributed by atoms with van der Waals surface area (Å²) in [6.45, 7) is 4.90. The SMILES string of the molecule is [CH2-]COC(=O)CCC(C)=O.[Y]. The predicted octanol–water partition coefficient (Wildman–Crippen LogP) is 0.730. The number of hydrogen-bond donors (Lipinski definition) is 0. The summed E-state index contributed by atoms with van der Waals surface area (Å²) in [6, 6.07) is 0. The van der Waals surface area contributed by atoms with Crippen molar-refractivity contribution < 1.29 is 47.0 Å². The maximum absolute atomic E-state index is 10.5. The minimum atomic E-state index is -0.356. The molecule has 0 atom stereocenters. The third-order valence-electron chi connectivity index (χ3n) is 0.944. The van der Waals surface area contributed by atoms with Gasteiger partial charge in [0, 0.05) is 39.1 Å². The van der Waals surface area contributed by atoms with Crippen molar-refractivity contribution in [1.82, 2.24) is 0 Å². The van der Waals surface area contributed by atoms with Crippen molar-refractivity contribution in [3.05, 3.63) is 6.92 Å². The van der Waals surface area contributed by atoms with Crippen LogP contribution in [0.3, 0.4) is 0 Å². The second kappa shape index (κ2) is 8.34. The standard InChI is InChI=1S/C7H11O3.Y/c1-3-10-7(9)5-4-6(2)8;/h1,3-5H2,2H3;/q-1;. The van der Waals surface area contributed by atoms with E-state index >= 15 is 0 Å². The molecule has 0 rings (SSSR count). The van der Waals surface area contributed by atoms with Gasteiger partial charge in [-0.2, -0.15) is 0 Å². The van der Waals surface area contributed by atoms with E-state index < -0.39 is 0 Å². The molecule has 3 nitrogen and oxygen atoms in total. The van der Waals surface area contributed by atoms with E-state index in [1.165, 1.54) is 6.92 Å². The first-order chi connectivity index (χ1) is 4.66.